The van der Waals surface area contributed by atoms with Crippen molar-refractivity contribution >= 4 is 17.5 Å². The average molecular weight is 392 g/mol. The van der Waals surface area contributed by atoms with Crippen molar-refractivity contribution < 1.29 is 4.39 Å². The summed E-state index contributed by atoms with van der Waals surface area (Å²) < 4.78 is 15.8. The van der Waals surface area contributed by atoms with E-state index in [0.717, 1.165) is 53.3 Å². The average Bonchev–Trinajstić information content (AvgIpc) is 3.24. The van der Waals surface area contributed by atoms with E-state index >= 15 is 0 Å². The van der Waals surface area contributed by atoms with Gasteiger partial charge in [-0.25, -0.2) is 9.07 Å². The smallest absolute Gasteiger partial charge is 0.123 e. The minimum Gasteiger partial charge on any atom is -0.361 e. The fourth-order valence-electron chi connectivity index (χ4n) is 3.86. The zero-order valence-electron chi connectivity index (χ0n) is 18.1. The van der Waals surface area contributed by atoms with Gasteiger partial charge in [-0.05, 0) is 63.5 Å². The Morgan fingerprint density at radius 1 is 1.24 bits per heavy atom. The Kier molecular flexibility index (Phi) is 5.92. The van der Waals surface area contributed by atoms with Crippen molar-refractivity contribution in [1.82, 2.24) is 14.7 Å². The van der Waals surface area contributed by atoms with E-state index in [0.29, 0.717) is 0 Å². The van der Waals surface area contributed by atoms with Gasteiger partial charge in [0, 0.05) is 34.8 Å². The monoisotopic (exact) mass is 391 g/mol. The van der Waals surface area contributed by atoms with Crippen LogP contribution in [0, 0.1) is 12.7 Å². The van der Waals surface area contributed by atoms with Gasteiger partial charge in [-0.1, -0.05) is 37.8 Å². The van der Waals surface area contributed by atoms with E-state index in [2.05, 4.69) is 51.8 Å². The Morgan fingerprint density at radius 3 is 2.55 bits per heavy atom. The fourth-order valence-corrected chi connectivity index (χ4v) is 3.86. The fraction of sp³-hybridized carbons (Fsp3) is 0.320. The van der Waals surface area contributed by atoms with Gasteiger partial charge in [0.25, 0.3) is 0 Å². The molecule has 0 saturated heterocycles. The molecule has 2 heterocycles. The molecule has 0 amide bonds. The molecule has 4 heteroatoms. The Balaban J connectivity index is 1.97. The molecule has 152 valence electrons. The number of nitrogens with zero attached hydrogens (tertiary/aromatic N) is 3. The van der Waals surface area contributed by atoms with Crippen molar-refractivity contribution in [1.29, 1.82) is 0 Å². The van der Waals surface area contributed by atoms with E-state index in [1.54, 1.807) is 12.1 Å². The molecule has 0 spiro atoms. The molecule has 1 aromatic heterocycles. The van der Waals surface area contributed by atoms with Crippen LogP contribution in [0.1, 0.15) is 62.2 Å². The second kappa shape index (κ2) is 8.24. The predicted molar refractivity (Wildman–Crippen MR) is 120 cm³/mol. The number of rotatable bonds is 6. The van der Waals surface area contributed by atoms with Crippen molar-refractivity contribution in [3.05, 3.63) is 82.5 Å². The first-order valence-corrected chi connectivity index (χ1v) is 10.1. The van der Waals surface area contributed by atoms with Crippen molar-refractivity contribution in [2.45, 2.75) is 54.1 Å². The predicted octanol–water partition coefficient (Wildman–Crippen LogP) is 6.57. The molecule has 2 aromatic rings. The largest absolute Gasteiger partial charge is 0.361 e. The van der Waals surface area contributed by atoms with E-state index in [1.807, 2.05) is 17.7 Å². The summed E-state index contributed by atoms with van der Waals surface area (Å²) >= 11 is 0. The standard InChI is InChI=1S/C25H30FN3/c1-8-10-25(22-12-11-21(26)13-20(22)9-2)28-14-23-19(7)29(27-24(23)15-28)18(6)17(5)16(3)4/h9-13H,2-3,8,14-15H2,1,4-7H3/b18-17-,25-10?. The number of hydrogen-bond donors (Lipinski definition) is 0. The first kappa shape index (κ1) is 20.8. The van der Waals surface area contributed by atoms with Gasteiger partial charge < -0.3 is 4.90 Å². The number of allylic oxidation sites excluding steroid dienone is 4. The van der Waals surface area contributed by atoms with E-state index in [9.17, 15) is 4.39 Å². The molecule has 0 radical (unpaired) electrons. The molecule has 1 aromatic carbocycles. The highest BCUT2D eigenvalue weighted by Gasteiger charge is 2.28. The Hall–Kier alpha value is -2.88. The molecule has 0 N–H and O–H groups in total. The summed E-state index contributed by atoms with van der Waals surface area (Å²) in [5.74, 6) is -0.244. The zero-order valence-corrected chi connectivity index (χ0v) is 18.1. The number of halogens is 1. The molecule has 0 saturated carbocycles. The molecular formula is C25H30FN3. The molecule has 0 unspecified atom stereocenters. The van der Waals surface area contributed by atoms with Crippen LogP contribution in [0.5, 0.6) is 0 Å². The van der Waals surface area contributed by atoms with Gasteiger partial charge in [-0.15, -0.1) is 0 Å². The van der Waals surface area contributed by atoms with E-state index in [-0.39, 0.29) is 5.82 Å². The number of hydrogen-bond acceptors (Lipinski definition) is 2. The quantitative estimate of drug-likeness (QED) is 0.519. The van der Waals surface area contributed by atoms with Gasteiger partial charge in [-0.3, -0.25) is 0 Å². The van der Waals surface area contributed by atoms with Crippen LogP contribution in [0.25, 0.3) is 17.5 Å². The maximum absolute atomic E-state index is 13.7. The normalized spacial score (nSPS) is 14.7. The van der Waals surface area contributed by atoms with Crippen molar-refractivity contribution in [2.75, 3.05) is 0 Å². The van der Waals surface area contributed by atoms with Crippen LogP contribution in [0.15, 0.2) is 48.6 Å². The number of aromatic nitrogens is 2. The van der Waals surface area contributed by atoms with Crippen LogP contribution < -0.4 is 0 Å². The molecule has 0 fully saturated rings. The molecule has 0 bridgehead atoms. The second-order valence-corrected chi connectivity index (χ2v) is 7.70. The van der Waals surface area contributed by atoms with E-state index in [1.165, 1.54) is 22.9 Å². The van der Waals surface area contributed by atoms with Crippen LogP contribution in [-0.2, 0) is 13.1 Å². The molecule has 3 nitrogen and oxygen atoms in total. The van der Waals surface area contributed by atoms with Gasteiger partial charge in [0.15, 0.2) is 0 Å². The molecule has 1 aliphatic rings. The summed E-state index contributed by atoms with van der Waals surface area (Å²) in [7, 11) is 0. The SMILES string of the molecule is C=Cc1cc(F)ccc1C(=CCC)N1Cc2nn(/C(C)=C(/C)C(=C)C)c(C)c2C1. The molecular weight excluding hydrogens is 361 g/mol. The van der Waals surface area contributed by atoms with Crippen LogP contribution in [0.4, 0.5) is 4.39 Å². The summed E-state index contributed by atoms with van der Waals surface area (Å²) in [5, 5.41) is 4.91. The lowest BCUT2D eigenvalue weighted by atomic mass is 10.0. The van der Waals surface area contributed by atoms with Crippen molar-refractivity contribution in [3.63, 3.8) is 0 Å². The summed E-state index contributed by atoms with van der Waals surface area (Å²) in [6.45, 7) is 19.9. The highest BCUT2D eigenvalue weighted by Crippen LogP contribution is 2.35. The summed E-state index contributed by atoms with van der Waals surface area (Å²) in [6, 6.07) is 4.91. The van der Waals surface area contributed by atoms with Crippen molar-refractivity contribution in [2.24, 2.45) is 0 Å². The van der Waals surface area contributed by atoms with E-state index in [4.69, 9.17) is 5.10 Å². The number of fused-ring (bicyclic) bond motifs is 1. The van der Waals surface area contributed by atoms with Gasteiger partial charge in [-0.2, -0.15) is 5.10 Å². The molecule has 3 rings (SSSR count). The maximum atomic E-state index is 13.7. The van der Waals surface area contributed by atoms with Gasteiger partial charge in [0.05, 0.1) is 12.2 Å². The molecule has 0 aliphatic carbocycles. The van der Waals surface area contributed by atoms with Crippen LogP contribution in [0.2, 0.25) is 0 Å². The van der Waals surface area contributed by atoms with E-state index < -0.39 is 0 Å². The van der Waals surface area contributed by atoms with Crippen LogP contribution in [-0.4, -0.2) is 14.7 Å². The lowest BCUT2D eigenvalue weighted by molar-refractivity contribution is 0.413. The molecule has 29 heavy (non-hydrogen) atoms. The lowest BCUT2D eigenvalue weighted by Crippen LogP contribution is -2.17. The minimum atomic E-state index is -0.244. The highest BCUT2D eigenvalue weighted by molar-refractivity contribution is 5.73. The minimum absolute atomic E-state index is 0.244. The number of benzene rings is 1. The Morgan fingerprint density at radius 2 is 1.97 bits per heavy atom. The zero-order chi connectivity index (χ0) is 21.3. The summed E-state index contributed by atoms with van der Waals surface area (Å²) in [6.07, 6.45) is 4.82. The maximum Gasteiger partial charge on any atom is 0.123 e. The first-order chi connectivity index (χ1) is 13.8. The second-order valence-electron chi connectivity index (χ2n) is 7.70. The van der Waals surface area contributed by atoms with Gasteiger partial charge in [0.2, 0.25) is 0 Å². The molecule has 1 aliphatic heterocycles. The summed E-state index contributed by atoms with van der Waals surface area (Å²) in [5.41, 5.74) is 9.80. The third-order valence-corrected chi connectivity index (χ3v) is 5.76. The lowest BCUT2D eigenvalue weighted by Gasteiger charge is -2.24. The third kappa shape index (κ3) is 3.84. The molecule has 0 atom stereocenters. The van der Waals surface area contributed by atoms with Crippen LogP contribution >= 0.6 is 0 Å². The highest BCUT2D eigenvalue weighted by atomic mass is 19.1. The summed E-state index contributed by atoms with van der Waals surface area (Å²) in [4.78, 5) is 2.32. The first-order valence-electron chi connectivity index (χ1n) is 10.1. The van der Waals surface area contributed by atoms with Crippen molar-refractivity contribution in [3.8, 4) is 0 Å². The topological polar surface area (TPSA) is 21.1 Å². The third-order valence-electron chi connectivity index (χ3n) is 5.76. The van der Waals surface area contributed by atoms with Gasteiger partial charge >= 0.3 is 0 Å². The Bertz CT molecular complexity index is 1040. The van der Waals surface area contributed by atoms with Gasteiger partial charge in [0.1, 0.15) is 5.82 Å². The van der Waals surface area contributed by atoms with Crippen LogP contribution in [0.3, 0.4) is 0 Å². The Labute approximate surface area is 173 Å².